The van der Waals surface area contributed by atoms with Crippen LogP contribution in [0.25, 0.3) is 11.0 Å². The van der Waals surface area contributed by atoms with Crippen molar-refractivity contribution >= 4 is 45.8 Å². The van der Waals surface area contributed by atoms with Crippen LogP contribution < -0.4 is 15.1 Å². The Kier molecular flexibility index (Phi) is 4.82. The lowest BCUT2D eigenvalue weighted by atomic mass is 10.1. The van der Waals surface area contributed by atoms with E-state index in [4.69, 9.17) is 0 Å². The van der Waals surface area contributed by atoms with Crippen LogP contribution in [0, 0.1) is 0 Å². The minimum Gasteiger partial charge on any atom is -0.378 e. The molecule has 1 aliphatic rings. The predicted molar refractivity (Wildman–Crippen MR) is 126 cm³/mol. The van der Waals surface area contributed by atoms with Crippen molar-refractivity contribution in [1.82, 2.24) is 9.97 Å². The highest BCUT2D eigenvalue weighted by molar-refractivity contribution is 6.33. The molecule has 2 heterocycles. The van der Waals surface area contributed by atoms with Gasteiger partial charge in [0.15, 0.2) is 11.4 Å². The van der Waals surface area contributed by atoms with Crippen molar-refractivity contribution in [3.05, 3.63) is 89.7 Å². The minimum atomic E-state index is -0.536. The number of benzene rings is 3. The number of nitrogens with one attached hydrogen (secondary N) is 1. The van der Waals surface area contributed by atoms with Crippen LogP contribution in [0.4, 0.5) is 17.1 Å². The van der Waals surface area contributed by atoms with Crippen LogP contribution in [-0.4, -0.2) is 41.8 Å². The minimum absolute atomic E-state index is 0.0293. The van der Waals surface area contributed by atoms with Gasteiger partial charge in [0.25, 0.3) is 17.7 Å². The summed E-state index contributed by atoms with van der Waals surface area (Å²) in [5, 5.41) is 2.84. The number of carbonyl (C=O) groups excluding carboxylic acids is 3. The molecule has 162 valence electrons. The van der Waals surface area contributed by atoms with Gasteiger partial charge in [0.1, 0.15) is 0 Å². The Morgan fingerprint density at radius 1 is 0.788 bits per heavy atom. The standard InChI is InChI=1S/C25H19N5O3/c1-29(2)17-13-9-16(10-14-17)26-23(31)15-7-11-18(12-8-15)30-24(32)21-22(25(30)33)28-20-6-4-3-5-19(20)27-21/h3-14H,1-2H3,(H,26,31). The third-order valence-corrected chi connectivity index (χ3v) is 5.41. The maximum absolute atomic E-state index is 12.9. The smallest absolute Gasteiger partial charge is 0.286 e. The molecule has 0 radical (unpaired) electrons. The Hall–Kier alpha value is -4.59. The van der Waals surface area contributed by atoms with Crippen molar-refractivity contribution < 1.29 is 14.4 Å². The van der Waals surface area contributed by atoms with Gasteiger partial charge < -0.3 is 10.2 Å². The van der Waals surface area contributed by atoms with Crippen LogP contribution in [0.1, 0.15) is 31.3 Å². The lowest BCUT2D eigenvalue weighted by molar-refractivity contribution is 0.0922. The lowest BCUT2D eigenvalue weighted by Gasteiger charge is -2.14. The Morgan fingerprint density at radius 3 is 1.85 bits per heavy atom. The van der Waals surface area contributed by atoms with E-state index in [2.05, 4.69) is 15.3 Å². The summed E-state index contributed by atoms with van der Waals surface area (Å²) in [6.45, 7) is 0. The molecular weight excluding hydrogens is 418 g/mol. The molecule has 0 saturated heterocycles. The van der Waals surface area contributed by atoms with Crippen molar-refractivity contribution in [3.8, 4) is 0 Å². The molecule has 0 bridgehead atoms. The molecule has 0 aliphatic carbocycles. The normalized spacial score (nSPS) is 12.7. The first kappa shape index (κ1) is 20.3. The third kappa shape index (κ3) is 3.57. The molecule has 3 aromatic carbocycles. The number of carbonyl (C=O) groups is 3. The molecule has 1 aromatic heterocycles. The second kappa shape index (κ2) is 7.83. The zero-order valence-electron chi connectivity index (χ0n) is 17.9. The van der Waals surface area contributed by atoms with Crippen LogP contribution in [-0.2, 0) is 0 Å². The number of fused-ring (bicyclic) bond motifs is 2. The summed E-state index contributed by atoms with van der Waals surface area (Å²) in [6, 6.07) is 20.8. The van der Waals surface area contributed by atoms with Gasteiger partial charge in [-0.1, -0.05) is 12.1 Å². The summed E-state index contributed by atoms with van der Waals surface area (Å²) in [4.78, 5) is 50.1. The van der Waals surface area contributed by atoms with E-state index in [9.17, 15) is 14.4 Å². The monoisotopic (exact) mass is 437 g/mol. The number of hydrogen-bond acceptors (Lipinski definition) is 6. The molecule has 0 saturated carbocycles. The largest absolute Gasteiger partial charge is 0.378 e. The Morgan fingerprint density at radius 2 is 1.33 bits per heavy atom. The molecular formula is C25H19N5O3. The number of imide groups is 1. The van der Waals surface area contributed by atoms with Gasteiger partial charge in [0.05, 0.1) is 16.7 Å². The maximum atomic E-state index is 12.9. The first-order chi connectivity index (χ1) is 15.9. The molecule has 8 nitrogen and oxygen atoms in total. The number of para-hydroxylation sites is 2. The molecule has 0 atom stereocenters. The highest BCUT2D eigenvalue weighted by Crippen LogP contribution is 2.28. The predicted octanol–water partition coefficient (Wildman–Crippen LogP) is 3.75. The van der Waals surface area contributed by atoms with Crippen LogP contribution in [0.2, 0.25) is 0 Å². The average molecular weight is 437 g/mol. The SMILES string of the molecule is CN(C)c1ccc(NC(=O)c2ccc(N3C(=O)c4nc5ccccc5nc4C3=O)cc2)cc1. The number of rotatable bonds is 4. The van der Waals surface area contributed by atoms with Gasteiger partial charge in [-0.15, -0.1) is 0 Å². The Bertz CT molecular complexity index is 1360. The van der Waals surface area contributed by atoms with E-state index in [0.717, 1.165) is 10.6 Å². The van der Waals surface area contributed by atoms with Gasteiger partial charge in [-0.2, -0.15) is 0 Å². The number of nitrogens with zero attached hydrogens (tertiary/aromatic N) is 4. The Labute approximate surface area is 189 Å². The van der Waals surface area contributed by atoms with E-state index in [0.29, 0.717) is 28.0 Å². The summed E-state index contributed by atoms with van der Waals surface area (Å²) in [6.07, 6.45) is 0. The molecule has 0 fully saturated rings. The highest BCUT2D eigenvalue weighted by atomic mass is 16.2. The van der Waals surface area contributed by atoms with E-state index in [1.54, 1.807) is 48.5 Å². The number of amides is 3. The molecule has 3 amide bonds. The van der Waals surface area contributed by atoms with Gasteiger partial charge in [-0.3, -0.25) is 14.4 Å². The van der Waals surface area contributed by atoms with Gasteiger partial charge in [0, 0.05) is 31.0 Å². The summed E-state index contributed by atoms with van der Waals surface area (Å²) in [7, 11) is 3.88. The zero-order chi connectivity index (χ0) is 23.1. The Balaban J connectivity index is 1.36. The van der Waals surface area contributed by atoms with Gasteiger partial charge in [0.2, 0.25) is 0 Å². The van der Waals surface area contributed by atoms with E-state index in [-0.39, 0.29) is 17.3 Å². The molecule has 1 aliphatic heterocycles. The number of aromatic nitrogens is 2. The molecule has 0 spiro atoms. The summed E-state index contributed by atoms with van der Waals surface area (Å²) >= 11 is 0. The van der Waals surface area contributed by atoms with Crippen LogP contribution in [0.3, 0.4) is 0 Å². The van der Waals surface area contributed by atoms with E-state index < -0.39 is 11.8 Å². The molecule has 4 aromatic rings. The maximum Gasteiger partial charge on any atom is 0.286 e. The molecule has 33 heavy (non-hydrogen) atoms. The third-order valence-electron chi connectivity index (χ3n) is 5.41. The fraction of sp³-hybridized carbons (Fsp3) is 0.0800. The molecule has 1 N–H and O–H groups in total. The van der Waals surface area contributed by atoms with Gasteiger partial charge in [-0.05, 0) is 60.7 Å². The van der Waals surface area contributed by atoms with Crippen LogP contribution >= 0.6 is 0 Å². The molecule has 0 unspecified atom stereocenters. The van der Waals surface area contributed by atoms with Gasteiger partial charge in [-0.25, -0.2) is 14.9 Å². The van der Waals surface area contributed by atoms with Crippen molar-refractivity contribution in [1.29, 1.82) is 0 Å². The van der Waals surface area contributed by atoms with E-state index in [1.807, 2.05) is 43.3 Å². The summed E-state index contributed by atoms with van der Waals surface area (Å²) < 4.78 is 0. The van der Waals surface area contributed by atoms with Crippen molar-refractivity contribution in [2.75, 3.05) is 29.2 Å². The molecule has 8 heteroatoms. The fourth-order valence-corrected chi connectivity index (χ4v) is 3.64. The number of anilines is 3. The summed E-state index contributed by atoms with van der Waals surface area (Å²) in [5.74, 6) is -1.37. The van der Waals surface area contributed by atoms with Crippen molar-refractivity contribution in [2.45, 2.75) is 0 Å². The highest BCUT2D eigenvalue weighted by Gasteiger charge is 2.40. The van der Waals surface area contributed by atoms with Crippen LogP contribution in [0.15, 0.2) is 72.8 Å². The topological polar surface area (TPSA) is 95.5 Å². The lowest BCUT2D eigenvalue weighted by Crippen LogP contribution is -2.29. The zero-order valence-corrected chi connectivity index (χ0v) is 17.9. The van der Waals surface area contributed by atoms with Crippen LogP contribution in [0.5, 0.6) is 0 Å². The average Bonchev–Trinajstić information content (AvgIpc) is 3.07. The van der Waals surface area contributed by atoms with Gasteiger partial charge >= 0.3 is 0 Å². The van der Waals surface area contributed by atoms with E-state index in [1.165, 1.54) is 0 Å². The summed E-state index contributed by atoms with van der Waals surface area (Å²) in [5.41, 5.74) is 3.59. The van der Waals surface area contributed by atoms with E-state index >= 15 is 0 Å². The molecule has 5 rings (SSSR count). The second-order valence-corrected chi connectivity index (χ2v) is 7.80. The second-order valence-electron chi connectivity index (χ2n) is 7.80. The van der Waals surface area contributed by atoms with Crippen molar-refractivity contribution in [2.24, 2.45) is 0 Å². The quantitative estimate of drug-likeness (QED) is 0.489. The van der Waals surface area contributed by atoms with Crippen molar-refractivity contribution in [3.63, 3.8) is 0 Å². The first-order valence-corrected chi connectivity index (χ1v) is 10.3. The fourth-order valence-electron chi connectivity index (χ4n) is 3.64. The number of hydrogen-bond donors (Lipinski definition) is 1. The first-order valence-electron chi connectivity index (χ1n) is 10.3.